The average molecular weight is 264 g/mol. The molecule has 0 radical (unpaired) electrons. The van der Waals surface area contributed by atoms with Gasteiger partial charge in [0.1, 0.15) is 5.82 Å². The molecule has 2 bridgehead atoms. The predicted molar refractivity (Wildman–Crippen MR) is 68.4 cm³/mol. The molecular weight excluding hydrogens is 247 g/mol. The minimum absolute atomic E-state index is 0.116. The van der Waals surface area contributed by atoms with E-state index in [1.165, 1.54) is 12.1 Å². The summed E-state index contributed by atoms with van der Waals surface area (Å²) in [4.78, 5) is 14.9. The molecule has 3 rings (SSSR count). The van der Waals surface area contributed by atoms with E-state index in [9.17, 15) is 9.18 Å². The quantitative estimate of drug-likeness (QED) is 0.891. The minimum Gasteiger partial charge on any atom is -0.465 e. The number of likely N-dealkylation sites (tertiary alicyclic amines) is 2. The Bertz CT molecular complexity index is 491. The van der Waals surface area contributed by atoms with E-state index >= 15 is 0 Å². The van der Waals surface area contributed by atoms with Gasteiger partial charge in [-0.15, -0.1) is 0 Å². The minimum atomic E-state index is -0.818. The average Bonchev–Trinajstić information content (AvgIpc) is 2.98. The van der Waals surface area contributed by atoms with Gasteiger partial charge in [-0.05, 0) is 31.0 Å². The molecule has 2 fully saturated rings. The number of carboxylic acid groups (broad SMARTS) is 1. The van der Waals surface area contributed by atoms with Crippen molar-refractivity contribution in [2.75, 3.05) is 13.1 Å². The summed E-state index contributed by atoms with van der Waals surface area (Å²) in [6.45, 7) is 3.46. The normalized spacial score (nSPS) is 27.8. The van der Waals surface area contributed by atoms with Crippen molar-refractivity contribution < 1.29 is 14.3 Å². The van der Waals surface area contributed by atoms with Crippen LogP contribution < -0.4 is 0 Å². The van der Waals surface area contributed by atoms with Gasteiger partial charge in [-0.3, -0.25) is 4.90 Å². The second-order valence-electron chi connectivity index (χ2n) is 5.40. The summed E-state index contributed by atoms with van der Waals surface area (Å²) in [6, 6.07) is 7.17. The highest BCUT2D eigenvalue weighted by Gasteiger charge is 2.46. The zero-order valence-electron chi connectivity index (χ0n) is 10.8. The Morgan fingerprint density at radius 2 is 2.00 bits per heavy atom. The molecule has 4 nitrogen and oxygen atoms in total. The Hall–Kier alpha value is -1.62. The number of piperazine rings is 1. The highest BCUT2D eigenvalue weighted by Crippen LogP contribution is 2.36. The SMILES string of the molecule is CC(c1ccc(F)cc1)N1CC2CC1CN2C(=O)O. The summed E-state index contributed by atoms with van der Waals surface area (Å²) in [5, 5.41) is 9.07. The molecule has 5 heteroatoms. The van der Waals surface area contributed by atoms with Crippen molar-refractivity contribution in [3.05, 3.63) is 35.6 Å². The number of carbonyl (C=O) groups is 1. The van der Waals surface area contributed by atoms with Crippen LogP contribution in [0.2, 0.25) is 0 Å². The molecular formula is C14H17FN2O2. The standard InChI is InChI=1S/C14H17FN2O2/c1-9(10-2-4-11(15)5-3-10)16-7-13-6-12(16)8-17(13)14(18)19/h2-5,9,12-13H,6-8H2,1H3,(H,18,19). The number of rotatable bonds is 2. The molecule has 1 aromatic rings. The third kappa shape index (κ3) is 2.08. The molecule has 1 amide bonds. The molecule has 0 spiro atoms. The third-order valence-corrected chi connectivity index (χ3v) is 4.38. The number of fused-ring (bicyclic) bond motifs is 2. The number of halogens is 1. The number of nitrogens with zero attached hydrogens (tertiary/aromatic N) is 2. The van der Waals surface area contributed by atoms with Crippen molar-refractivity contribution >= 4 is 6.09 Å². The van der Waals surface area contributed by atoms with Gasteiger partial charge < -0.3 is 10.0 Å². The summed E-state index contributed by atoms with van der Waals surface area (Å²) in [5.74, 6) is -0.226. The first-order valence-corrected chi connectivity index (χ1v) is 6.57. The third-order valence-electron chi connectivity index (χ3n) is 4.38. The maximum Gasteiger partial charge on any atom is 0.407 e. The number of hydrogen-bond acceptors (Lipinski definition) is 2. The summed E-state index contributed by atoms with van der Waals surface area (Å²) in [7, 11) is 0. The van der Waals surface area contributed by atoms with Crippen LogP contribution in [0.1, 0.15) is 24.9 Å². The van der Waals surface area contributed by atoms with Gasteiger partial charge in [-0.2, -0.15) is 0 Å². The summed E-state index contributed by atoms with van der Waals surface area (Å²) in [6.07, 6.45) is 0.0965. The second-order valence-corrected chi connectivity index (χ2v) is 5.40. The lowest BCUT2D eigenvalue weighted by Gasteiger charge is -2.36. The summed E-state index contributed by atoms with van der Waals surface area (Å²) < 4.78 is 12.9. The van der Waals surface area contributed by atoms with Crippen molar-refractivity contribution in [1.82, 2.24) is 9.80 Å². The van der Waals surface area contributed by atoms with E-state index in [4.69, 9.17) is 5.11 Å². The summed E-state index contributed by atoms with van der Waals surface area (Å²) >= 11 is 0. The Morgan fingerprint density at radius 1 is 1.32 bits per heavy atom. The van der Waals surface area contributed by atoms with E-state index in [1.807, 2.05) is 0 Å². The van der Waals surface area contributed by atoms with Gasteiger partial charge in [0, 0.05) is 31.2 Å². The smallest absolute Gasteiger partial charge is 0.407 e. The fourth-order valence-electron chi connectivity index (χ4n) is 3.34. The van der Waals surface area contributed by atoms with Crippen molar-refractivity contribution in [3.8, 4) is 0 Å². The van der Waals surface area contributed by atoms with Crippen LogP contribution in [-0.4, -0.2) is 46.2 Å². The van der Waals surface area contributed by atoms with E-state index in [0.29, 0.717) is 12.6 Å². The first-order valence-electron chi connectivity index (χ1n) is 6.57. The molecule has 1 N–H and O–H groups in total. The lowest BCUT2D eigenvalue weighted by atomic mass is 10.1. The van der Waals surface area contributed by atoms with E-state index in [1.54, 1.807) is 17.0 Å². The Labute approximate surface area is 111 Å². The second kappa shape index (κ2) is 4.49. The van der Waals surface area contributed by atoms with Crippen molar-refractivity contribution in [1.29, 1.82) is 0 Å². The van der Waals surface area contributed by atoms with Crippen molar-refractivity contribution in [2.24, 2.45) is 0 Å². The van der Waals surface area contributed by atoms with Gasteiger partial charge in [0.05, 0.1) is 0 Å². The maximum atomic E-state index is 12.9. The van der Waals surface area contributed by atoms with Crippen LogP contribution in [0, 0.1) is 5.82 Å². The van der Waals surface area contributed by atoms with Gasteiger partial charge in [0.25, 0.3) is 0 Å². The Balaban J connectivity index is 1.72. The molecule has 2 saturated heterocycles. The van der Waals surface area contributed by atoms with Gasteiger partial charge in [0.15, 0.2) is 0 Å². The molecule has 3 unspecified atom stereocenters. The molecule has 19 heavy (non-hydrogen) atoms. The molecule has 0 aliphatic carbocycles. The van der Waals surface area contributed by atoms with Crippen LogP contribution in [0.25, 0.3) is 0 Å². The Morgan fingerprint density at radius 3 is 2.53 bits per heavy atom. The van der Waals surface area contributed by atoms with Crippen LogP contribution in [0.15, 0.2) is 24.3 Å². The van der Waals surface area contributed by atoms with Crippen LogP contribution >= 0.6 is 0 Å². The zero-order chi connectivity index (χ0) is 13.6. The lowest BCUT2D eigenvalue weighted by molar-refractivity contribution is 0.0861. The van der Waals surface area contributed by atoms with Gasteiger partial charge in [0.2, 0.25) is 0 Å². The molecule has 102 valence electrons. The molecule has 3 atom stereocenters. The molecule has 0 saturated carbocycles. The first-order chi connectivity index (χ1) is 9.06. The lowest BCUT2D eigenvalue weighted by Crippen LogP contribution is -2.48. The van der Waals surface area contributed by atoms with Gasteiger partial charge in [-0.25, -0.2) is 9.18 Å². The van der Waals surface area contributed by atoms with E-state index in [2.05, 4.69) is 11.8 Å². The van der Waals surface area contributed by atoms with Gasteiger partial charge >= 0.3 is 6.09 Å². The van der Waals surface area contributed by atoms with Crippen LogP contribution in [0.5, 0.6) is 0 Å². The topological polar surface area (TPSA) is 43.8 Å². The molecule has 1 aromatic carbocycles. The van der Waals surface area contributed by atoms with Crippen LogP contribution in [0.4, 0.5) is 9.18 Å². The predicted octanol–water partition coefficient (Wildman–Crippen LogP) is 2.32. The highest BCUT2D eigenvalue weighted by atomic mass is 19.1. The maximum absolute atomic E-state index is 12.9. The van der Waals surface area contributed by atoms with Gasteiger partial charge in [-0.1, -0.05) is 12.1 Å². The zero-order valence-corrected chi connectivity index (χ0v) is 10.8. The fraction of sp³-hybridized carbons (Fsp3) is 0.500. The molecule has 2 heterocycles. The first kappa shape index (κ1) is 12.4. The number of hydrogen-bond donors (Lipinski definition) is 1. The monoisotopic (exact) mass is 264 g/mol. The van der Waals surface area contributed by atoms with E-state index in [-0.39, 0.29) is 17.9 Å². The molecule has 0 aromatic heterocycles. The number of benzene rings is 1. The largest absolute Gasteiger partial charge is 0.465 e. The number of amides is 1. The highest BCUT2D eigenvalue weighted by molar-refractivity contribution is 5.66. The summed E-state index contributed by atoms with van der Waals surface area (Å²) in [5.41, 5.74) is 1.08. The Kier molecular flexibility index (Phi) is 2.93. The fourth-order valence-corrected chi connectivity index (χ4v) is 3.34. The van der Waals surface area contributed by atoms with Crippen LogP contribution in [0.3, 0.4) is 0 Å². The van der Waals surface area contributed by atoms with E-state index in [0.717, 1.165) is 18.5 Å². The molecule has 2 aliphatic heterocycles. The van der Waals surface area contributed by atoms with Crippen molar-refractivity contribution in [2.45, 2.75) is 31.5 Å². The van der Waals surface area contributed by atoms with E-state index < -0.39 is 6.09 Å². The van der Waals surface area contributed by atoms with Crippen LogP contribution in [-0.2, 0) is 0 Å². The molecule has 2 aliphatic rings. The van der Waals surface area contributed by atoms with Crippen molar-refractivity contribution in [3.63, 3.8) is 0 Å².